The van der Waals surface area contributed by atoms with Gasteiger partial charge in [0.2, 0.25) is 10.0 Å². The zero-order chi connectivity index (χ0) is 15.6. The second-order valence-corrected chi connectivity index (χ2v) is 6.92. The Labute approximate surface area is 124 Å². The third-order valence-corrected chi connectivity index (χ3v) is 5.04. The van der Waals surface area contributed by atoms with Crippen LogP contribution in [-0.2, 0) is 21.8 Å². The number of morpholine rings is 1. The molecule has 1 aromatic heterocycles. The minimum Gasteiger partial charge on any atom is -0.375 e. The Balaban J connectivity index is 2.24. The molecule has 0 saturated carbocycles. The lowest BCUT2D eigenvalue weighted by atomic mass is 10.2. The Morgan fingerprint density at radius 2 is 2.24 bits per heavy atom. The summed E-state index contributed by atoms with van der Waals surface area (Å²) in [5, 5.41) is 0. The first-order valence-electron chi connectivity index (χ1n) is 6.89. The van der Waals surface area contributed by atoms with Crippen LogP contribution in [-0.4, -0.2) is 56.6 Å². The van der Waals surface area contributed by atoms with Crippen LogP contribution in [0.3, 0.4) is 0 Å². The topological polar surface area (TPSA) is 80.6 Å². The van der Waals surface area contributed by atoms with Crippen LogP contribution in [0, 0.1) is 0 Å². The van der Waals surface area contributed by atoms with Gasteiger partial charge in [-0.2, -0.15) is 0 Å². The minimum atomic E-state index is -3.55. The lowest BCUT2D eigenvalue weighted by molar-refractivity contribution is -0.0229. The van der Waals surface area contributed by atoms with E-state index in [0.29, 0.717) is 25.4 Å². The molecule has 0 bridgehead atoms. The van der Waals surface area contributed by atoms with Gasteiger partial charge in [-0.15, -0.1) is 0 Å². The fourth-order valence-electron chi connectivity index (χ4n) is 2.32. The molecule has 1 fully saturated rings. The molecule has 2 heterocycles. The number of aryl methyl sites for hydroxylation is 1. The molecule has 8 heteroatoms. The summed E-state index contributed by atoms with van der Waals surface area (Å²) >= 11 is 0. The average Bonchev–Trinajstić information content (AvgIpc) is 2.89. The van der Waals surface area contributed by atoms with Crippen LogP contribution in [0.4, 0.5) is 0 Å². The van der Waals surface area contributed by atoms with Gasteiger partial charge in [-0.25, -0.2) is 13.1 Å². The van der Waals surface area contributed by atoms with E-state index in [1.165, 1.54) is 19.3 Å². The predicted molar refractivity (Wildman–Crippen MR) is 77.6 cm³/mol. The maximum Gasteiger partial charge on any atom is 0.270 e. The standard InChI is InChI=1S/C13H21N3O4S/c1-4-10-8-16(5-6-20-10)13(17)12-7-11(9-15(12)3)21(18,19)14-2/h7,9-10,14H,4-6,8H2,1-3H3/t10-/m1/s1. The molecule has 1 N–H and O–H groups in total. The molecule has 2 rings (SSSR count). The maximum atomic E-state index is 12.5. The van der Waals surface area contributed by atoms with E-state index in [4.69, 9.17) is 4.74 Å². The van der Waals surface area contributed by atoms with Crippen molar-refractivity contribution in [1.82, 2.24) is 14.2 Å². The number of carbonyl (C=O) groups is 1. The van der Waals surface area contributed by atoms with E-state index < -0.39 is 10.0 Å². The summed E-state index contributed by atoms with van der Waals surface area (Å²) < 4.78 is 32.9. The van der Waals surface area contributed by atoms with Gasteiger partial charge < -0.3 is 14.2 Å². The number of hydrogen-bond donors (Lipinski definition) is 1. The molecule has 1 aliphatic rings. The van der Waals surface area contributed by atoms with Crippen LogP contribution in [0.15, 0.2) is 17.2 Å². The Morgan fingerprint density at radius 1 is 1.52 bits per heavy atom. The largest absolute Gasteiger partial charge is 0.375 e. The highest BCUT2D eigenvalue weighted by Gasteiger charge is 2.27. The van der Waals surface area contributed by atoms with Gasteiger partial charge in [-0.05, 0) is 19.5 Å². The summed E-state index contributed by atoms with van der Waals surface area (Å²) in [5.74, 6) is -0.170. The van der Waals surface area contributed by atoms with Crippen LogP contribution >= 0.6 is 0 Å². The summed E-state index contributed by atoms with van der Waals surface area (Å²) in [4.78, 5) is 14.3. The predicted octanol–water partition coefficient (Wildman–Crippen LogP) is 0.184. The number of nitrogens with zero attached hydrogens (tertiary/aromatic N) is 2. The van der Waals surface area contributed by atoms with Crippen molar-refractivity contribution in [3.8, 4) is 0 Å². The first-order valence-corrected chi connectivity index (χ1v) is 8.38. The van der Waals surface area contributed by atoms with E-state index in [2.05, 4.69) is 4.72 Å². The van der Waals surface area contributed by atoms with Gasteiger partial charge in [0.05, 0.1) is 12.7 Å². The molecule has 0 aliphatic carbocycles. The van der Waals surface area contributed by atoms with E-state index >= 15 is 0 Å². The number of aromatic nitrogens is 1. The van der Waals surface area contributed by atoms with E-state index in [9.17, 15) is 13.2 Å². The normalized spacial score (nSPS) is 19.8. The monoisotopic (exact) mass is 315 g/mol. The first kappa shape index (κ1) is 16.0. The van der Waals surface area contributed by atoms with Crippen LogP contribution < -0.4 is 4.72 Å². The highest BCUT2D eigenvalue weighted by Crippen LogP contribution is 2.17. The summed E-state index contributed by atoms with van der Waals surface area (Å²) in [6, 6.07) is 1.41. The summed E-state index contributed by atoms with van der Waals surface area (Å²) in [5.41, 5.74) is 0.362. The number of rotatable bonds is 4. The lowest BCUT2D eigenvalue weighted by Crippen LogP contribution is -2.45. The Kier molecular flexibility index (Phi) is 4.70. The van der Waals surface area contributed by atoms with Crippen molar-refractivity contribution >= 4 is 15.9 Å². The Hall–Kier alpha value is -1.38. The lowest BCUT2D eigenvalue weighted by Gasteiger charge is -2.32. The van der Waals surface area contributed by atoms with Crippen molar-refractivity contribution in [2.24, 2.45) is 7.05 Å². The molecule has 1 atom stereocenters. The summed E-state index contributed by atoms with van der Waals surface area (Å²) in [6.07, 6.45) is 2.33. The van der Waals surface area contributed by atoms with Gasteiger partial charge in [0, 0.05) is 26.3 Å². The second kappa shape index (κ2) is 6.17. The van der Waals surface area contributed by atoms with Crippen molar-refractivity contribution < 1.29 is 17.9 Å². The number of nitrogens with one attached hydrogen (secondary N) is 1. The zero-order valence-electron chi connectivity index (χ0n) is 12.5. The van der Waals surface area contributed by atoms with Crippen LogP contribution in [0.2, 0.25) is 0 Å². The molecular weight excluding hydrogens is 294 g/mol. The maximum absolute atomic E-state index is 12.5. The van der Waals surface area contributed by atoms with Crippen molar-refractivity contribution in [2.45, 2.75) is 24.3 Å². The molecule has 0 radical (unpaired) electrons. The van der Waals surface area contributed by atoms with E-state index in [1.807, 2.05) is 6.92 Å². The molecule has 21 heavy (non-hydrogen) atoms. The molecule has 1 saturated heterocycles. The zero-order valence-corrected chi connectivity index (χ0v) is 13.3. The number of ether oxygens (including phenoxy) is 1. The highest BCUT2D eigenvalue weighted by molar-refractivity contribution is 7.89. The Bertz CT molecular complexity index is 623. The van der Waals surface area contributed by atoms with Crippen molar-refractivity contribution in [3.63, 3.8) is 0 Å². The molecule has 1 aromatic rings. The number of hydrogen-bond acceptors (Lipinski definition) is 4. The second-order valence-electron chi connectivity index (χ2n) is 5.03. The molecule has 1 aliphatic heterocycles. The minimum absolute atomic E-state index is 0.0449. The molecule has 0 unspecified atom stereocenters. The number of amides is 1. The number of carbonyl (C=O) groups excluding carboxylic acids is 1. The van der Waals surface area contributed by atoms with Crippen LogP contribution in [0.1, 0.15) is 23.8 Å². The molecule has 0 aromatic carbocycles. The van der Waals surface area contributed by atoms with Gasteiger partial charge in [0.25, 0.3) is 5.91 Å². The smallest absolute Gasteiger partial charge is 0.270 e. The first-order chi connectivity index (χ1) is 9.89. The van der Waals surface area contributed by atoms with Crippen LogP contribution in [0.25, 0.3) is 0 Å². The van der Waals surface area contributed by atoms with Gasteiger partial charge in [0.1, 0.15) is 10.6 Å². The average molecular weight is 315 g/mol. The third-order valence-electron chi connectivity index (χ3n) is 3.66. The fraction of sp³-hybridized carbons (Fsp3) is 0.615. The van der Waals surface area contributed by atoms with Gasteiger partial charge in [-0.1, -0.05) is 6.92 Å². The molecular formula is C13H21N3O4S. The van der Waals surface area contributed by atoms with Gasteiger partial charge in [0.15, 0.2) is 0 Å². The molecule has 1 amide bonds. The SMILES string of the molecule is CC[C@@H]1CN(C(=O)c2cc(S(=O)(=O)NC)cn2C)CCO1. The summed E-state index contributed by atoms with van der Waals surface area (Å²) in [6.45, 7) is 3.58. The van der Waals surface area contributed by atoms with Gasteiger partial charge >= 0.3 is 0 Å². The fourth-order valence-corrected chi connectivity index (χ4v) is 3.12. The van der Waals surface area contributed by atoms with Crippen molar-refractivity contribution in [3.05, 3.63) is 18.0 Å². The molecule has 0 spiro atoms. The quantitative estimate of drug-likeness (QED) is 0.860. The highest BCUT2D eigenvalue weighted by atomic mass is 32.2. The molecule has 118 valence electrons. The van der Waals surface area contributed by atoms with E-state index in [0.717, 1.165) is 6.42 Å². The third kappa shape index (κ3) is 3.28. The van der Waals surface area contributed by atoms with Crippen LogP contribution in [0.5, 0.6) is 0 Å². The molecule has 7 nitrogen and oxygen atoms in total. The van der Waals surface area contributed by atoms with Crippen molar-refractivity contribution in [1.29, 1.82) is 0 Å². The summed E-state index contributed by atoms with van der Waals surface area (Å²) in [7, 11) is -0.535. The Morgan fingerprint density at radius 3 is 2.86 bits per heavy atom. The number of sulfonamides is 1. The van der Waals surface area contributed by atoms with Gasteiger partial charge in [-0.3, -0.25) is 4.79 Å². The van der Waals surface area contributed by atoms with Crippen molar-refractivity contribution in [2.75, 3.05) is 26.7 Å². The van der Waals surface area contributed by atoms with E-state index in [1.54, 1.807) is 16.5 Å². The van der Waals surface area contributed by atoms with E-state index in [-0.39, 0.29) is 16.9 Å².